The third-order valence-electron chi connectivity index (χ3n) is 5.06. The number of urea groups is 1. The minimum Gasteiger partial charge on any atom is -0.489 e. The number of hydrogen-bond acceptors (Lipinski definition) is 3. The lowest BCUT2D eigenvalue weighted by molar-refractivity contribution is -0.146. The van der Waals surface area contributed by atoms with Crippen molar-refractivity contribution in [1.29, 1.82) is 0 Å². The fourth-order valence-electron chi connectivity index (χ4n) is 3.37. The van der Waals surface area contributed by atoms with Gasteiger partial charge in [-0.1, -0.05) is 11.6 Å². The predicted octanol–water partition coefficient (Wildman–Crippen LogP) is 3.99. The number of aliphatic carboxylic acids is 1. The minimum absolute atomic E-state index is 0.199. The average molecular weight is 367 g/mol. The molecule has 7 heteroatoms. The topological polar surface area (TPSA) is 78.9 Å². The van der Waals surface area contributed by atoms with Crippen LogP contribution >= 0.6 is 11.6 Å². The number of likely N-dealkylation sites (tertiary alicyclic amines) is 1. The van der Waals surface area contributed by atoms with Gasteiger partial charge in [0.1, 0.15) is 5.75 Å². The summed E-state index contributed by atoms with van der Waals surface area (Å²) in [5, 5.41) is 12.5. The highest BCUT2D eigenvalue weighted by Crippen LogP contribution is 2.33. The third-order valence-corrected chi connectivity index (χ3v) is 5.35. The molecule has 1 saturated heterocycles. The van der Waals surface area contributed by atoms with Crippen molar-refractivity contribution in [1.82, 2.24) is 4.90 Å². The van der Waals surface area contributed by atoms with E-state index in [0.29, 0.717) is 29.4 Å². The first kappa shape index (κ1) is 17.9. The molecule has 25 heavy (non-hydrogen) atoms. The highest BCUT2D eigenvalue weighted by atomic mass is 35.5. The number of carbonyl (C=O) groups excluding carboxylic acids is 1. The van der Waals surface area contributed by atoms with Gasteiger partial charge in [-0.25, -0.2) is 4.79 Å². The van der Waals surface area contributed by atoms with E-state index in [1.54, 1.807) is 25.1 Å². The van der Waals surface area contributed by atoms with Crippen molar-refractivity contribution in [3.63, 3.8) is 0 Å². The molecule has 2 aliphatic rings. The van der Waals surface area contributed by atoms with Gasteiger partial charge >= 0.3 is 12.0 Å². The van der Waals surface area contributed by atoms with Crippen LogP contribution in [0.1, 0.15) is 39.0 Å². The molecular weight excluding hydrogens is 344 g/mol. The van der Waals surface area contributed by atoms with Crippen LogP contribution in [0.4, 0.5) is 10.5 Å². The van der Waals surface area contributed by atoms with Gasteiger partial charge in [0.2, 0.25) is 0 Å². The van der Waals surface area contributed by atoms with E-state index in [1.807, 2.05) is 0 Å². The monoisotopic (exact) mass is 366 g/mol. The van der Waals surface area contributed by atoms with Crippen molar-refractivity contribution >= 4 is 29.3 Å². The van der Waals surface area contributed by atoms with Gasteiger partial charge in [0, 0.05) is 18.8 Å². The van der Waals surface area contributed by atoms with Crippen LogP contribution in [0.2, 0.25) is 5.02 Å². The van der Waals surface area contributed by atoms with Gasteiger partial charge in [0.05, 0.1) is 16.5 Å². The number of amides is 2. The molecular formula is C18H23ClN2O4. The molecule has 3 rings (SSSR count). The standard InChI is InChI=1S/C18H23ClN2O4/c1-18(16(22)23)8-9-21(11-18)17(24)20-12-6-7-15(14(19)10-12)25-13-4-2-3-5-13/h6-7,10,13H,2-5,8-9,11H2,1H3,(H,20,24)(H,22,23). The zero-order chi connectivity index (χ0) is 18.0. The van der Waals surface area contributed by atoms with E-state index in [1.165, 1.54) is 17.7 Å². The van der Waals surface area contributed by atoms with Crippen LogP contribution in [-0.2, 0) is 4.79 Å². The van der Waals surface area contributed by atoms with Crippen LogP contribution in [0.3, 0.4) is 0 Å². The van der Waals surface area contributed by atoms with Gasteiger partial charge in [-0.15, -0.1) is 0 Å². The summed E-state index contributed by atoms with van der Waals surface area (Å²) in [5.74, 6) is -0.245. The number of benzene rings is 1. The van der Waals surface area contributed by atoms with E-state index in [0.717, 1.165) is 12.8 Å². The number of hydrogen-bond donors (Lipinski definition) is 2. The molecule has 1 saturated carbocycles. The molecule has 0 aromatic heterocycles. The number of halogens is 1. The minimum atomic E-state index is -0.881. The second-order valence-electron chi connectivity index (χ2n) is 7.14. The van der Waals surface area contributed by atoms with Crippen LogP contribution < -0.4 is 10.1 Å². The van der Waals surface area contributed by atoms with Crippen LogP contribution in [0.25, 0.3) is 0 Å². The number of nitrogens with one attached hydrogen (secondary N) is 1. The second-order valence-corrected chi connectivity index (χ2v) is 7.54. The number of carboxylic acids is 1. The number of carbonyl (C=O) groups is 2. The van der Waals surface area contributed by atoms with Crippen LogP contribution in [-0.4, -0.2) is 41.2 Å². The lowest BCUT2D eigenvalue weighted by Gasteiger charge is -2.21. The van der Waals surface area contributed by atoms with E-state index < -0.39 is 11.4 Å². The van der Waals surface area contributed by atoms with Gasteiger partial charge in [-0.3, -0.25) is 4.79 Å². The SMILES string of the molecule is CC1(C(=O)O)CCN(C(=O)Nc2ccc(OC3CCCC3)c(Cl)c2)C1. The molecule has 1 unspecified atom stereocenters. The Hall–Kier alpha value is -1.95. The van der Waals surface area contributed by atoms with E-state index in [4.69, 9.17) is 16.3 Å². The Morgan fingerprint density at radius 2 is 2.08 bits per heavy atom. The van der Waals surface area contributed by atoms with E-state index in [9.17, 15) is 14.7 Å². The molecule has 2 N–H and O–H groups in total. The maximum absolute atomic E-state index is 12.3. The summed E-state index contributed by atoms with van der Waals surface area (Å²) in [6.45, 7) is 2.28. The molecule has 1 atom stereocenters. The molecule has 1 aromatic carbocycles. The Balaban J connectivity index is 1.60. The van der Waals surface area contributed by atoms with Gasteiger partial charge in [0.15, 0.2) is 0 Å². The first-order valence-corrected chi connectivity index (χ1v) is 9.01. The quantitative estimate of drug-likeness (QED) is 0.844. The zero-order valence-corrected chi connectivity index (χ0v) is 15.0. The summed E-state index contributed by atoms with van der Waals surface area (Å²) < 4.78 is 5.90. The smallest absolute Gasteiger partial charge is 0.321 e. The molecule has 2 fully saturated rings. The number of carboxylic acid groups (broad SMARTS) is 1. The van der Waals surface area contributed by atoms with E-state index in [2.05, 4.69) is 5.32 Å². The Bertz CT molecular complexity index is 675. The first-order valence-electron chi connectivity index (χ1n) is 8.63. The fraction of sp³-hybridized carbons (Fsp3) is 0.556. The summed E-state index contributed by atoms with van der Waals surface area (Å²) in [4.78, 5) is 25.2. The number of rotatable bonds is 4. The lowest BCUT2D eigenvalue weighted by atomic mass is 9.90. The maximum atomic E-state index is 12.3. The summed E-state index contributed by atoms with van der Waals surface area (Å²) in [5.41, 5.74) is -0.314. The summed E-state index contributed by atoms with van der Waals surface area (Å²) in [7, 11) is 0. The summed E-state index contributed by atoms with van der Waals surface area (Å²) in [6.07, 6.45) is 5.13. The summed E-state index contributed by atoms with van der Waals surface area (Å²) >= 11 is 6.27. The molecule has 136 valence electrons. The van der Waals surface area contributed by atoms with Crippen molar-refractivity contribution in [2.75, 3.05) is 18.4 Å². The molecule has 0 bridgehead atoms. The Labute approximate surface area is 152 Å². The van der Waals surface area contributed by atoms with Gasteiger partial charge in [0.25, 0.3) is 0 Å². The van der Waals surface area contributed by atoms with Gasteiger partial charge in [-0.05, 0) is 57.2 Å². The average Bonchev–Trinajstić information content (AvgIpc) is 3.20. The fourth-order valence-corrected chi connectivity index (χ4v) is 3.60. The molecule has 1 aromatic rings. The van der Waals surface area contributed by atoms with Crippen molar-refractivity contribution in [2.24, 2.45) is 5.41 Å². The zero-order valence-electron chi connectivity index (χ0n) is 14.3. The third kappa shape index (κ3) is 4.00. The highest BCUT2D eigenvalue weighted by Gasteiger charge is 2.42. The number of nitrogens with zero attached hydrogens (tertiary/aromatic N) is 1. The molecule has 2 amide bonds. The lowest BCUT2D eigenvalue weighted by Crippen LogP contribution is -2.37. The molecule has 6 nitrogen and oxygen atoms in total. The molecule has 1 aliphatic carbocycles. The predicted molar refractivity (Wildman–Crippen MR) is 95.3 cm³/mol. The van der Waals surface area contributed by atoms with E-state index >= 15 is 0 Å². The van der Waals surface area contributed by atoms with Crippen molar-refractivity contribution < 1.29 is 19.4 Å². The molecule has 0 spiro atoms. The Morgan fingerprint density at radius 3 is 2.68 bits per heavy atom. The largest absolute Gasteiger partial charge is 0.489 e. The Kier molecular flexibility index (Phi) is 5.08. The number of anilines is 1. The second kappa shape index (κ2) is 7.12. The van der Waals surface area contributed by atoms with Crippen LogP contribution in [0.5, 0.6) is 5.75 Å². The molecule has 1 aliphatic heterocycles. The van der Waals surface area contributed by atoms with Crippen molar-refractivity contribution in [3.05, 3.63) is 23.2 Å². The number of ether oxygens (including phenoxy) is 1. The molecule has 0 radical (unpaired) electrons. The van der Waals surface area contributed by atoms with Crippen LogP contribution in [0, 0.1) is 5.41 Å². The maximum Gasteiger partial charge on any atom is 0.321 e. The Morgan fingerprint density at radius 1 is 1.36 bits per heavy atom. The van der Waals surface area contributed by atoms with Crippen molar-refractivity contribution in [3.8, 4) is 5.75 Å². The molecule has 1 heterocycles. The normalized spacial score (nSPS) is 23.7. The summed E-state index contributed by atoms with van der Waals surface area (Å²) in [6, 6.07) is 4.86. The van der Waals surface area contributed by atoms with Crippen molar-refractivity contribution in [2.45, 2.75) is 45.1 Å². The van der Waals surface area contributed by atoms with E-state index in [-0.39, 0.29) is 18.7 Å². The highest BCUT2D eigenvalue weighted by molar-refractivity contribution is 6.32. The van der Waals surface area contributed by atoms with Gasteiger partial charge < -0.3 is 20.1 Å². The first-order chi connectivity index (χ1) is 11.9. The van der Waals surface area contributed by atoms with Crippen LogP contribution in [0.15, 0.2) is 18.2 Å². The van der Waals surface area contributed by atoms with Gasteiger partial charge in [-0.2, -0.15) is 0 Å².